The average molecular weight is 288 g/mol. The summed E-state index contributed by atoms with van der Waals surface area (Å²) >= 11 is 0. The van der Waals surface area contributed by atoms with Crippen LogP contribution in [-0.2, 0) is 0 Å². The number of hydrogen-bond donors (Lipinski definition) is 1. The first-order valence-corrected chi connectivity index (χ1v) is 8.59. The highest BCUT2D eigenvalue weighted by Gasteiger charge is 2.44. The topological polar surface area (TPSA) is 20.2 Å². The summed E-state index contributed by atoms with van der Waals surface area (Å²) in [5, 5.41) is 9.24. The van der Waals surface area contributed by atoms with Gasteiger partial charge < -0.3 is 5.11 Å². The lowest BCUT2D eigenvalue weighted by Crippen LogP contribution is -2.42. The lowest BCUT2D eigenvalue weighted by Gasteiger charge is -2.49. The van der Waals surface area contributed by atoms with Gasteiger partial charge in [0.05, 0.1) is 6.61 Å². The van der Waals surface area contributed by atoms with Crippen LogP contribution in [0.15, 0.2) is 35.5 Å². The molecule has 2 aliphatic carbocycles. The molecule has 1 unspecified atom stereocenters. The highest BCUT2D eigenvalue weighted by molar-refractivity contribution is 5.28. The molecule has 0 aliphatic heterocycles. The number of rotatable bonds is 3. The van der Waals surface area contributed by atoms with E-state index in [-0.39, 0.29) is 6.61 Å². The minimum absolute atomic E-state index is 0.155. The number of fused-ring (bicyclic) bond motifs is 1. The van der Waals surface area contributed by atoms with Crippen molar-refractivity contribution in [3.63, 3.8) is 0 Å². The maximum atomic E-state index is 9.24. The third-order valence-electron chi connectivity index (χ3n) is 6.02. The maximum Gasteiger partial charge on any atom is 0.0612 e. The third kappa shape index (κ3) is 3.18. The Morgan fingerprint density at radius 1 is 1.29 bits per heavy atom. The van der Waals surface area contributed by atoms with E-state index in [1.807, 2.05) is 6.08 Å². The minimum Gasteiger partial charge on any atom is -0.392 e. The van der Waals surface area contributed by atoms with Crippen molar-refractivity contribution in [1.29, 1.82) is 0 Å². The molecule has 2 rings (SSSR count). The highest BCUT2D eigenvalue weighted by atomic mass is 16.2. The van der Waals surface area contributed by atoms with E-state index in [2.05, 4.69) is 52.8 Å². The van der Waals surface area contributed by atoms with E-state index in [0.717, 1.165) is 17.8 Å². The van der Waals surface area contributed by atoms with Crippen LogP contribution in [-0.4, -0.2) is 11.7 Å². The second-order valence-corrected chi connectivity index (χ2v) is 7.30. The monoisotopic (exact) mass is 288 g/mol. The number of aliphatic hydroxyl groups excluding tert-OH is 1. The third-order valence-corrected chi connectivity index (χ3v) is 6.02. The zero-order valence-corrected chi connectivity index (χ0v) is 14.3. The summed E-state index contributed by atoms with van der Waals surface area (Å²) in [7, 11) is 0. The van der Waals surface area contributed by atoms with Crippen molar-refractivity contribution in [3.05, 3.63) is 35.5 Å². The summed E-state index contributed by atoms with van der Waals surface area (Å²) in [5.74, 6) is 4.06. The molecule has 0 aromatic rings. The molecule has 0 radical (unpaired) electrons. The summed E-state index contributed by atoms with van der Waals surface area (Å²) in [6.45, 7) is 11.7. The lowest BCUT2D eigenvalue weighted by atomic mass is 9.55. The Balaban J connectivity index is 2.46. The Bertz CT molecular complexity index is 443. The summed E-state index contributed by atoms with van der Waals surface area (Å²) in [5.41, 5.74) is 3.00. The van der Waals surface area contributed by atoms with Crippen LogP contribution in [0.2, 0.25) is 0 Å². The normalized spacial score (nSPS) is 41.0. The summed E-state index contributed by atoms with van der Waals surface area (Å²) in [6, 6.07) is 0. The Morgan fingerprint density at radius 3 is 2.57 bits per heavy atom. The average Bonchev–Trinajstić information content (AvgIpc) is 2.47. The Labute approximate surface area is 130 Å². The van der Waals surface area contributed by atoms with Gasteiger partial charge in [0.2, 0.25) is 0 Å². The van der Waals surface area contributed by atoms with E-state index >= 15 is 0 Å². The molecule has 0 bridgehead atoms. The van der Waals surface area contributed by atoms with Gasteiger partial charge in [0, 0.05) is 5.92 Å². The fourth-order valence-corrected chi connectivity index (χ4v) is 4.81. The van der Waals surface area contributed by atoms with E-state index < -0.39 is 0 Å². The fraction of sp³-hybridized carbons (Fsp3) is 0.700. The number of hydrogen-bond acceptors (Lipinski definition) is 1. The van der Waals surface area contributed by atoms with Crippen molar-refractivity contribution in [2.75, 3.05) is 6.61 Å². The molecule has 0 heterocycles. The Hall–Kier alpha value is -0.820. The van der Waals surface area contributed by atoms with Crippen LogP contribution < -0.4 is 0 Å². The van der Waals surface area contributed by atoms with Gasteiger partial charge in [-0.1, -0.05) is 55.7 Å². The predicted molar refractivity (Wildman–Crippen MR) is 90.9 cm³/mol. The van der Waals surface area contributed by atoms with Crippen LogP contribution in [0.25, 0.3) is 0 Å². The molecule has 1 nitrogen and oxygen atoms in total. The lowest BCUT2D eigenvalue weighted by molar-refractivity contribution is 0.0801. The van der Waals surface area contributed by atoms with Crippen LogP contribution >= 0.6 is 0 Å². The van der Waals surface area contributed by atoms with Crippen molar-refractivity contribution >= 4 is 0 Å². The van der Waals surface area contributed by atoms with Crippen LogP contribution in [0.5, 0.6) is 0 Å². The molecule has 21 heavy (non-hydrogen) atoms. The number of allylic oxidation sites excluding steroid dienone is 5. The molecule has 0 amide bonds. The first-order valence-electron chi connectivity index (χ1n) is 8.59. The van der Waals surface area contributed by atoms with Crippen molar-refractivity contribution in [2.24, 2.45) is 35.5 Å². The Kier molecular flexibility index (Phi) is 5.48. The molecule has 1 fully saturated rings. The van der Waals surface area contributed by atoms with E-state index in [1.165, 1.54) is 24.0 Å². The van der Waals surface area contributed by atoms with Gasteiger partial charge >= 0.3 is 0 Å². The highest BCUT2D eigenvalue weighted by Crippen LogP contribution is 2.52. The fourth-order valence-electron chi connectivity index (χ4n) is 4.81. The SMILES string of the molecule is C/C=C(/C)C1C(C)=C[C@@H]2[C@H]([C@@H]1/C=C/CO)[C@@H](C)CC[C@@H]2C. The quantitative estimate of drug-likeness (QED) is 0.725. The van der Waals surface area contributed by atoms with Gasteiger partial charge in [-0.05, 0) is 56.8 Å². The molecule has 1 N–H and O–H groups in total. The molecular weight excluding hydrogens is 256 g/mol. The molecule has 0 saturated heterocycles. The van der Waals surface area contributed by atoms with Crippen LogP contribution in [0.4, 0.5) is 0 Å². The minimum atomic E-state index is 0.155. The summed E-state index contributed by atoms with van der Waals surface area (Å²) in [6.07, 6.45) is 11.8. The van der Waals surface area contributed by atoms with Crippen molar-refractivity contribution in [1.82, 2.24) is 0 Å². The van der Waals surface area contributed by atoms with Gasteiger partial charge in [-0.15, -0.1) is 0 Å². The largest absolute Gasteiger partial charge is 0.392 e. The zero-order valence-electron chi connectivity index (χ0n) is 14.3. The van der Waals surface area contributed by atoms with Gasteiger partial charge in [0.15, 0.2) is 0 Å². The van der Waals surface area contributed by atoms with Gasteiger partial charge in [-0.25, -0.2) is 0 Å². The molecule has 1 heteroatoms. The van der Waals surface area contributed by atoms with E-state index in [1.54, 1.807) is 0 Å². The standard InChI is InChI=1S/C20H32O/c1-6-13(2)19-16(5)12-18-14(3)9-10-15(4)20(18)17(19)8-7-11-21/h6-8,12,14-15,17-21H,9-11H2,1-5H3/b8-7+,13-6-/t14-,15-,17+,18-,19?,20-/m0/s1. The zero-order chi connectivity index (χ0) is 15.6. The molecular formula is C20H32O. The van der Waals surface area contributed by atoms with Crippen molar-refractivity contribution in [3.8, 4) is 0 Å². The van der Waals surface area contributed by atoms with E-state index in [9.17, 15) is 5.11 Å². The molecule has 0 aromatic carbocycles. The van der Waals surface area contributed by atoms with Crippen LogP contribution in [0, 0.1) is 35.5 Å². The van der Waals surface area contributed by atoms with Crippen LogP contribution in [0.3, 0.4) is 0 Å². The van der Waals surface area contributed by atoms with Gasteiger partial charge in [0.25, 0.3) is 0 Å². The van der Waals surface area contributed by atoms with E-state index in [0.29, 0.717) is 17.8 Å². The first kappa shape index (κ1) is 16.5. The Morgan fingerprint density at radius 2 is 1.95 bits per heavy atom. The first-order chi connectivity index (χ1) is 10.0. The maximum absolute atomic E-state index is 9.24. The predicted octanol–water partition coefficient (Wildman–Crippen LogP) is 4.99. The summed E-state index contributed by atoms with van der Waals surface area (Å²) < 4.78 is 0. The molecule has 2 aliphatic rings. The molecule has 118 valence electrons. The molecule has 0 aromatic heterocycles. The van der Waals surface area contributed by atoms with Gasteiger partial charge in [0.1, 0.15) is 0 Å². The van der Waals surface area contributed by atoms with Crippen molar-refractivity contribution < 1.29 is 5.11 Å². The van der Waals surface area contributed by atoms with Crippen LogP contribution in [0.1, 0.15) is 47.5 Å². The van der Waals surface area contributed by atoms with Gasteiger partial charge in [-0.3, -0.25) is 0 Å². The second-order valence-electron chi connectivity index (χ2n) is 7.30. The second kappa shape index (κ2) is 6.96. The molecule has 1 saturated carbocycles. The smallest absolute Gasteiger partial charge is 0.0612 e. The number of aliphatic hydroxyl groups is 1. The molecule has 6 atom stereocenters. The van der Waals surface area contributed by atoms with E-state index in [4.69, 9.17) is 0 Å². The van der Waals surface area contributed by atoms with Crippen molar-refractivity contribution in [2.45, 2.75) is 47.5 Å². The molecule has 0 spiro atoms. The summed E-state index contributed by atoms with van der Waals surface area (Å²) in [4.78, 5) is 0. The van der Waals surface area contributed by atoms with Gasteiger partial charge in [-0.2, -0.15) is 0 Å².